The largest absolute Gasteiger partial charge is 0.444 e. The number of nitrogens with one attached hydrogen (secondary N) is 2. The van der Waals surface area contributed by atoms with Crippen LogP contribution in [0.3, 0.4) is 0 Å². The summed E-state index contributed by atoms with van der Waals surface area (Å²) in [6.07, 6.45) is 0.728. The van der Waals surface area contributed by atoms with Crippen LogP contribution in [0.2, 0.25) is 0 Å². The number of fused-ring (bicyclic) bond motifs is 1. The van der Waals surface area contributed by atoms with Crippen LogP contribution in [-0.4, -0.2) is 43.4 Å². The number of nitrogen functional groups attached to an aromatic ring is 1. The van der Waals surface area contributed by atoms with E-state index in [9.17, 15) is 22.8 Å². The van der Waals surface area contributed by atoms with Crippen molar-refractivity contribution in [2.24, 2.45) is 0 Å². The first-order valence-electron chi connectivity index (χ1n) is 14.0. The molecule has 44 heavy (non-hydrogen) atoms. The number of nitrogens with two attached hydrogens (primary N) is 1. The first kappa shape index (κ1) is 31.2. The molecule has 1 saturated carbocycles. The Balaban J connectivity index is 1.41. The van der Waals surface area contributed by atoms with Crippen LogP contribution < -0.4 is 16.4 Å². The number of alkyl halides is 3. The van der Waals surface area contributed by atoms with Crippen LogP contribution in [0.4, 0.5) is 29.6 Å². The van der Waals surface area contributed by atoms with Gasteiger partial charge in [0.1, 0.15) is 22.9 Å². The summed E-state index contributed by atoms with van der Waals surface area (Å²) < 4.78 is 47.2. The standard InChI is InChI=1S/C30H31BrF3N7O3/c1-29(2,3)44-28(43)38-19-5-4-6-20(14-19)41-25-21(31)15-37-26(35)23(25)24(40-41)16-7-9-17(10-8-16)27(42)39-22-13-18(11-12-36-22)30(32,33)34/h7-13,15,19-20H,4-6,14H2,1-3H3,(H2,35,37)(H,38,43)(H,36,39,42)/t19-,20-/m1/s1. The van der Waals surface area contributed by atoms with E-state index >= 15 is 0 Å². The average Bonchev–Trinajstić information content (AvgIpc) is 3.36. The molecule has 10 nitrogen and oxygen atoms in total. The number of carbonyl (C=O) groups is 2. The Morgan fingerprint density at radius 1 is 1.09 bits per heavy atom. The molecule has 1 fully saturated rings. The van der Waals surface area contributed by atoms with Crippen LogP contribution in [0.5, 0.6) is 0 Å². The van der Waals surface area contributed by atoms with Crippen LogP contribution in [0.1, 0.15) is 68.4 Å². The summed E-state index contributed by atoms with van der Waals surface area (Å²) in [5.41, 5.74) is 7.02. The molecular weight excluding hydrogens is 643 g/mol. The molecule has 2 amide bonds. The molecule has 14 heteroatoms. The van der Waals surface area contributed by atoms with Gasteiger partial charge in [-0.2, -0.15) is 18.3 Å². The lowest BCUT2D eigenvalue weighted by atomic mass is 9.91. The number of hydrogen-bond donors (Lipinski definition) is 3. The van der Waals surface area contributed by atoms with Gasteiger partial charge in [-0.3, -0.25) is 9.48 Å². The Kier molecular flexibility index (Phi) is 8.56. The van der Waals surface area contributed by atoms with Crippen molar-refractivity contribution < 1.29 is 27.5 Å². The minimum atomic E-state index is -4.56. The molecule has 4 aromatic rings. The Bertz CT molecular complexity index is 1700. The van der Waals surface area contributed by atoms with Gasteiger partial charge in [0.2, 0.25) is 0 Å². The molecule has 0 radical (unpaired) electrons. The minimum absolute atomic E-state index is 0.0527. The molecule has 5 rings (SSSR count). The van der Waals surface area contributed by atoms with Crippen molar-refractivity contribution in [3.8, 4) is 11.3 Å². The molecule has 232 valence electrons. The molecule has 1 aliphatic rings. The van der Waals surface area contributed by atoms with Gasteiger partial charge >= 0.3 is 12.3 Å². The van der Waals surface area contributed by atoms with Crippen LogP contribution in [0.25, 0.3) is 22.2 Å². The quantitative estimate of drug-likeness (QED) is 0.205. The summed E-state index contributed by atoms with van der Waals surface area (Å²) in [4.78, 5) is 33.4. The maximum atomic E-state index is 13.1. The second kappa shape index (κ2) is 12.1. The molecule has 4 N–H and O–H groups in total. The van der Waals surface area contributed by atoms with Crippen molar-refractivity contribution in [2.45, 2.75) is 70.3 Å². The molecular formula is C30H31BrF3N7O3. The van der Waals surface area contributed by atoms with Crippen molar-refractivity contribution in [2.75, 3.05) is 11.1 Å². The lowest BCUT2D eigenvalue weighted by Gasteiger charge is -2.31. The molecule has 2 atom stereocenters. The molecule has 3 aromatic heterocycles. The zero-order chi connectivity index (χ0) is 31.8. The van der Waals surface area contributed by atoms with Crippen molar-refractivity contribution >= 4 is 50.5 Å². The smallest absolute Gasteiger partial charge is 0.416 e. The Morgan fingerprint density at radius 2 is 1.82 bits per heavy atom. The second-order valence-electron chi connectivity index (χ2n) is 11.6. The Labute approximate surface area is 259 Å². The average molecular weight is 675 g/mol. The number of benzene rings is 1. The predicted molar refractivity (Wildman–Crippen MR) is 163 cm³/mol. The molecule has 0 unspecified atom stereocenters. The van der Waals surface area contributed by atoms with E-state index in [2.05, 4.69) is 36.5 Å². The number of pyridine rings is 2. The zero-order valence-electron chi connectivity index (χ0n) is 24.2. The second-order valence-corrected chi connectivity index (χ2v) is 12.5. The van der Waals surface area contributed by atoms with E-state index in [-0.39, 0.29) is 29.3 Å². The fraction of sp³-hybridized carbons (Fsp3) is 0.367. The lowest BCUT2D eigenvalue weighted by molar-refractivity contribution is -0.137. The first-order chi connectivity index (χ1) is 20.7. The topological polar surface area (TPSA) is 137 Å². The van der Waals surface area contributed by atoms with Gasteiger partial charge in [0.15, 0.2) is 0 Å². The van der Waals surface area contributed by atoms with Crippen LogP contribution in [0.15, 0.2) is 53.3 Å². The van der Waals surface area contributed by atoms with Crippen molar-refractivity contribution in [3.05, 3.63) is 64.4 Å². The van der Waals surface area contributed by atoms with Crippen LogP contribution >= 0.6 is 15.9 Å². The SMILES string of the molecule is CC(C)(C)OC(=O)N[C@@H]1CCC[C@@H](n2nc(-c3ccc(C(=O)Nc4cc(C(F)(F)F)ccn4)cc3)c3c(N)ncc(Br)c32)C1. The van der Waals surface area contributed by atoms with Gasteiger partial charge in [0.25, 0.3) is 5.91 Å². The third-order valence-electron chi connectivity index (χ3n) is 7.17. The lowest BCUT2D eigenvalue weighted by Crippen LogP contribution is -2.41. The molecule has 3 heterocycles. The van der Waals surface area contributed by atoms with E-state index in [1.807, 2.05) is 25.5 Å². The summed E-state index contributed by atoms with van der Waals surface area (Å²) >= 11 is 3.60. The highest BCUT2D eigenvalue weighted by molar-refractivity contribution is 9.10. The number of aromatic nitrogens is 4. The fourth-order valence-corrected chi connectivity index (χ4v) is 5.74. The number of halogens is 4. The molecule has 0 aliphatic heterocycles. The number of anilines is 2. The number of amides is 2. The normalized spacial score (nSPS) is 17.3. The van der Waals surface area contributed by atoms with Gasteiger partial charge in [0, 0.05) is 29.6 Å². The summed E-state index contributed by atoms with van der Waals surface area (Å²) in [6, 6.07) is 7.92. The molecule has 0 saturated heterocycles. The summed E-state index contributed by atoms with van der Waals surface area (Å²) in [5, 5.41) is 11.0. The van der Waals surface area contributed by atoms with E-state index in [0.717, 1.165) is 43.1 Å². The van der Waals surface area contributed by atoms with E-state index in [1.54, 1.807) is 30.5 Å². The summed E-state index contributed by atoms with van der Waals surface area (Å²) in [6.45, 7) is 5.45. The third kappa shape index (κ3) is 6.95. The Morgan fingerprint density at radius 3 is 2.50 bits per heavy atom. The predicted octanol–water partition coefficient (Wildman–Crippen LogP) is 7.12. The summed E-state index contributed by atoms with van der Waals surface area (Å²) in [7, 11) is 0. The highest BCUT2D eigenvalue weighted by atomic mass is 79.9. The van der Waals surface area contributed by atoms with Crippen LogP contribution in [-0.2, 0) is 10.9 Å². The van der Waals surface area contributed by atoms with Gasteiger partial charge in [-0.1, -0.05) is 12.1 Å². The summed E-state index contributed by atoms with van der Waals surface area (Å²) in [5.74, 6) is -0.552. The number of alkyl carbamates (subject to hydrolysis) is 1. The molecule has 0 bridgehead atoms. The van der Waals surface area contributed by atoms with Gasteiger partial charge in [-0.25, -0.2) is 14.8 Å². The number of hydrogen-bond acceptors (Lipinski definition) is 7. The van der Waals surface area contributed by atoms with E-state index in [0.29, 0.717) is 27.5 Å². The number of carbonyl (C=O) groups excluding carboxylic acids is 2. The molecule has 0 spiro atoms. The van der Waals surface area contributed by atoms with E-state index in [1.165, 1.54) is 0 Å². The van der Waals surface area contributed by atoms with Crippen molar-refractivity contribution in [3.63, 3.8) is 0 Å². The van der Waals surface area contributed by atoms with Gasteiger partial charge in [0.05, 0.1) is 27.0 Å². The van der Waals surface area contributed by atoms with Gasteiger partial charge in [-0.15, -0.1) is 0 Å². The van der Waals surface area contributed by atoms with E-state index in [4.69, 9.17) is 15.6 Å². The molecule has 1 aliphatic carbocycles. The zero-order valence-corrected chi connectivity index (χ0v) is 25.8. The van der Waals surface area contributed by atoms with Crippen molar-refractivity contribution in [1.29, 1.82) is 0 Å². The maximum absolute atomic E-state index is 13.1. The highest BCUT2D eigenvalue weighted by Crippen LogP contribution is 2.40. The number of ether oxygens (including phenoxy) is 1. The fourth-order valence-electron chi connectivity index (χ4n) is 5.26. The van der Waals surface area contributed by atoms with E-state index < -0.39 is 29.3 Å². The number of rotatable bonds is 5. The highest BCUT2D eigenvalue weighted by Gasteiger charge is 2.32. The Hall–Kier alpha value is -4.20. The van der Waals surface area contributed by atoms with Crippen molar-refractivity contribution in [1.82, 2.24) is 25.1 Å². The molecule has 1 aromatic carbocycles. The monoisotopic (exact) mass is 673 g/mol. The third-order valence-corrected chi connectivity index (χ3v) is 7.75. The van der Waals surface area contributed by atoms with Gasteiger partial charge in [-0.05, 0) is 86.6 Å². The maximum Gasteiger partial charge on any atom is 0.416 e. The first-order valence-corrected chi connectivity index (χ1v) is 14.8. The van der Waals surface area contributed by atoms with Gasteiger partial charge < -0.3 is 21.1 Å². The number of nitrogens with zero attached hydrogens (tertiary/aromatic N) is 4. The van der Waals surface area contributed by atoms with Crippen LogP contribution in [0, 0.1) is 0 Å². The minimum Gasteiger partial charge on any atom is -0.444 e.